The molecule has 0 spiro atoms. The first-order valence-electron chi connectivity index (χ1n) is 10.7. The van der Waals surface area contributed by atoms with Crippen LogP contribution in [0.3, 0.4) is 0 Å². The SMILES string of the molecule is Cc1cc(-c2cnc(N)c(-n3cc(C(=O)NCC4CC4)cn3)n2)cc2c1CCN(C)C2. The summed E-state index contributed by atoms with van der Waals surface area (Å²) in [5, 5.41) is 7.26. The minimum Gasteiger partial charge on any atom is -0.381 e. The quantitative estimate of drug-likeness (QED) is 0.661. The number of carbonyl (C=O) groups excluding carboxylic acids is 1. The number of carbonyl (C=O) groups is 1. The van der Waals surface area contributed by atoms with Gasteiger partial charge >= 0.3 is 0 Å². The fraction of sp³-hybridized carbons (Fsp3) is 0.391. The fourth-order valence-electron chi connectivity index (χ4n) is 4.12. The summed E-state index contributed by atoms with van der Waals surface area (Å²) in [5.74, 6) is 1.18. The number of rotatable bonds is 5. The van der Waals surface area contributed by atoms with Gasteiger partial charge in [-0.05, 0) is 68.0 Å². The second kappa shape index (κ2) is 7.77. The van der Waals surface area contributed by atoms with E-state index in [0.717, 1.165) is 30.8 Å². The normalized spacial score (nSPS) is 16.2. The molecule has 8 heteroatoms. The number of nitrogens with zero attached hydrogens (tertiary/aromatic N) is 5. The van der Waals surface area contributed by atoms with E-state index in [1.54, 1.807) is 12.4 Å². The summed E-state index contributed by atoms with van der Waals surface area (Å²) in [4.78, 5) is 23.8. The molecule has 3 heterocycles. The highest BCUT2D eigenvalue weighted by Crippen LogP contribution is 2.29. The van der Waals surface area contributed by atoms with E-state index in [1.165, 1.54) is 40.4 Å². The molecule has 0 radical (unpaired) electrons. The number of likely N-dealkylation sites (N-methyl/N-ethyl adjacent to an activating group) is 1. The van der Waals surface area contributed by atoms with E-state index in [9.17, 15) is 4.79 Å². The first-order chi connectivity index (χ1) is 15.0. The zero-order valence-electron chi connectivity index (χ0n) is 17.9. The minimum atomic E-state index is -0.129. The lowest BCUT2D eigenvalue weighted by Crippen LogP contribution is -2.27. The summed E-state index contributed by atoms with van der Waals surface area (Å²) in [6, 6.07) is 4.36. The summed E-state index contributed by atoms with van der Waals surface area (Å²) in [6.45, 7) is 4.88. The van der Waals surface area contributed by atoms with Crippen LogP contribution in [0.5, 0.6) is 0 Å². The third kappa shape index (κ3) is 4.03. The van der Waals surface area contributed by atoms with Crippen LogP contribution in [0.15, 0.2) is 30.7 Å². The Morgan fingerprint density at radius 1 is 1.29 bits per heavy atom. The highest BCUT2D eigenvalue weighted by molar-refractivity contribution is 5.93. The second-order valence-electron chi connectivity index (χ2n) is 8.71. The van der Waals surface area contributed by atoms with E-state index in [2.05, 4.69) is 46.4 Å². The predicted octanol–water partition coefficient (Wildman–Crippen LogP) is 2.35. The summed E-state index contributed by atoms with van der Waals surface area (Å²) >= 11 is 0. The first-order valence-corrected chi connectivity index (χ1v) is 10.7. The van der Waals surface area contributed by atoms with Crippen molar-refractivity contribution < 1.29 is 4.79 Å². The molecule has 1 aliphatic heterocycles. The molecule has 0 bridgehead atoms. The molecule has 0 saturated heterocycles. The van der Waals surface area contributed by atoms with Gasteiger partial charge in [0.2, 0.25) is 0 Å². The predicted molar refractivity (Wildman–Crippen MR) is 119 cm³/mol. The lowest BCUT2D eigenvalue weighted by atomic mass is 9.92. The first kappa shape index (κ1) is 19.7. The molecule has 8 nitrogen and oxygen atoms in total. The van der Waals surface area contributed by atoms with Crippen molar-refractivity contribution in [2.45, 2.75) is 32.7 Å². The number of anilines is 1. The Morgan fingerprint density at radius 3 is 2.94 bits per heavy atom. The molecule has 1 aromatic carbocycles. The van der Waals surface area contributed by atoms with Crippen molar-refractivity contribution in [3.05, 3.63) is 53.0 Å². The van der Waals surface area contributed by atoms with Crippen LogP contribution in [0.25, 0.3) is 17.1 Å². The van der Waals surface area contributed by atoms with Gasteiger partial charge in [-0.1, -0.05) is 0 Å². The van der Waals surface area contributed by atoms with Crippen LogP contribution >= 0.6 is 0 Å². The number of hydrogen-bond acceptors (Lipinski definition) is 6. The van der Waals surface area contributed by atoms with Crippen LogP contribution in [0.2, 0.25) is 0 Å². The largest absolute Gasteiger partial charge is 0.381 e. The van der Waals surface area contributed by atoms with E-state index in [-0.39, 0.29) is 11.7 Å². The number of aryl methyl sites for hydroxylation is 1. The van der Waals surface area contributed by atoms with E-state index in [4.69, 9.17) is 10.7 Å². The van der Waals surface area contributed by atoms with E-state index >= 15 is 0 Å². The Hall–Kier alpha value is -3.26. The van der Waals surface area contributed by atoms with Crippen LogP contribution in [0, 0.1) is 12.8 Å². The number of nitrogens with two attached hydrogens (primary N) is 1. The lowest BCUT2D eigenvalue weighted by molar-refractivity contribution is 0.0952. The molecule has 1 aliphatic carbocycles. The standard InChI is InChI=1S/C23H27N7O/c1-14-7-16(8-17-12-29(2)6-5-19(14)17)20-11-25-21(24)22(28-20)30-13-18(10-27-30)23(31)26-9-15-3-4-15/h7-8,10-11,13,15H,3-6,9,12H2,1-2H3,(H2,24,25)(H,26,31). The van der Waals surface area contributed by atoms with Crippen molar-refractivity contribution >= 4 is 11.7 Å². The fourth-order valence-corrected chi connectivity index (χ4v) is 4.12. The van der Waals surface area contributed by atoms with Crippen molar-refractivity contribution in [2.75, 3.05) is 25.9 Å². The van der Waals surface area contributed by atoms with Gasteiger partial charge in [0.25, 0.3) is 5.91 Å². The van der Waals surface area contributed by atoms with Gasteiger partial charge < -0.3 is 16.0 Å². The maximum absolute atomic E-state index is 12.4. The smallest absolute Gasteiger partial charge is 0.254 e. The average Bonchev–Trinajstić information content (AvgIpc) is 3.46. The second-order valence-corrected chi connectivity index (χ2v) is 8.71. The number of benzene rings is 1. The lowest BCUT2D eigenvalue weighted by Gasteiger charge is -2.27. The van der Waals surface area contributed by atoms with Crippen LogP contribution in [-0.2, 0) is 13.0 Å². The Morgan fingerprint density at radius 2 is 2.13 bits per heavy atom. The Balaban J connectivity index is 1.44. The van der Waals surface area contributed by atoms with Crippen LogP contribution < -0.4 is 11.1 Å². The zero-order valence-corrected chi connectivity index (χ0v) is 17.9. The summed E-state index contributed by atoms with van der Waals surface area (Å²) < 4.78 is 1.52. The number of aromatic nitrogens is 4. The average molecular weight is 418 g/mol. The number of fused-ring (bicyclic) bond motifs is 1. The molecule has 3 aromatic rings. The molecular weight excluding hydrogens is 390 g/mol. The van der Waals surface area contributed by atoms with Crippen molar-refractivity contribution in [3.8, 4) is 17.1 Å². The topological polar surface area (TPSA) is 102 Å². The molecule has 0 unspecified atom stereocenters. The molecule has 160 valence electrons. The Labute approximate surface area is 181 Å². The molecule has 31 heavy (non-hydrogen) atoms. The molecule has 2 aliphatic rings. The van der Waals surface area contributed by atoms with Gasteiger partial charge in [-0.3, -0.25) is 4.79 Å². The van der Waals surface area contributed by atoms with Crippen LogP contribution in [0.4, 0.5) is 5.82 Å². The number of nitrogens with one attached hydrogen (secondary N) is 1. The molecule has 5 rings (SSSR count). The summed E-state index contributed by atoms with van der Waals surface area (Å²) in [5.41, 5.74) is 12.4. The van der Waals surface area contributed by atoms with Gasteiger partial charge in [-0.15, -0.1) is 0 Å². The van der Waals surface area contributed by atoms with Gasteiger partial charge in [0.15, 0.2) is 11.6 Å². The number of nitrogen functional groups attached to an aromatic ring is 1. The molecule has 1 saturated carbocycles. The van der Waals surface area contributed by atoms with E-state index in [1.807, 2.05) is 0 Å². The van der Waals surface area contributed by atoms with Crippen LogP contribution in [-0.4, -0.2) is 50.7 Å². The molecule has 1 fully saturated rings. The molecule has 0 atom stereocenters. The van der Waals surface area contributed by atoms with E-state index in [0.29, 0.717) is 23.8 Å². The molecule has 3 N–H and O–H groups in total. The van der Waals surface area contributed by atoms with Gasteiger partial charge in [-0.25, -0.2) is 14.6 Å². The van der Waals surface area contributed by atoms with Crippen LogP contribution in [0.1, 0.15) is 39.9 Å². The highest BCUT2D eigenvalue weighted by Gasteiger charge is 2.22. The third-order valence-electron chi connectivity index (χ3n) is 6.14. The monoisotopic (exact) mass is 417 g/mol. The Bertz CT molecular complexity index is 1150. The maximum atomic E-state index is 12.4. The van der Waals surface area contributed by atoms with Crippen molar-refractivity contribution in [2.24, 2.45) is 5.92 Å². The van der Waals surface area contributed by atoms with Gasteiger partial charge in [0.05, 0.1) is 23.7 Å². The van der Waals surface area contributed by atoms with Crippen molar-refractivity contribution in [3.63, 3.8) is 0 Å². The van der Waals surface area contributed by atoms with Crippen molar-refractivity contribution in [1.29, 1.82) is 0 Å². The summed E-state index contributed by atoms with van der Waals surface area (Å²) in [6.07, 6.45) is 8.33. The van der Waals surface area contributed by atoms with Crippen molar-refractivity contribution in [1.82, 2.24) is 30.0 Å². The van der Waals surface area contributed by atoms with Gasteiger partial charge in [0, 0.05) is 31.4 Å². The highest BCUT2D eigenvalue weighted by atomic mass is 16.1. The molecule has 1 amide bonds. The maximum Gasteiger partial charge on any atom is 0.254 e. The van der Waals surface area contributed by atoms with Gasteiger partial charge in [-0.2, -0.15) is 5.10 Å². The molecular formula is C23H27N7O. The number of amides is 1. The summed E-state index contributed by atoms with van der Waals surface area (Å²) in [7, 11) is 2.14. The Kier molecular flexibility index (Phi) is 4.94. The molecule has 2 aromatic heterocycles. The van der Waals surface area contributed by atoms with E-state index < -0.39 is 0 Å². The third-order valence-corrected chi connectivity index (χ3v) is 6.14. The minimum absolute atomic E-state index is 0.129. The zero-order chi connectivity index (χ0) is 21.5. The van der Waals surface area contributed by atoms with Gasteiger partial charge in [0.1, 0.15) is 0 Å². The number of hydrogen-bond donors (Lipinski definition) is 2.